The predicted molar refractivity (Wildman–Crippen MR) is 111 cm³/mol. The molecular formula is C22H23ClN4O. The minimum Gasteiger partial charge on any atom is -0.354 e. The normalized spacial score (nSPS) is 11.8. The zero-order valence-electron chi connectivity index (χ0n) is 15.5. The fraction of sp³-hybridized carbons (Fsp3) is 0.227. The van der Waals surface area contributed by atoms with Crippen molar-refractivity contribution in [3.8, 4) is 0 Å². The number of carbonyl (C=O) groups excluding carboxylic acids is 1. The summed E-state index contributed by atoms with van der Waals surface area (Å²) in [7, 11) is 0. The number of benzene rings is 1. The van der Waals surface area contributed by atoms with Crippen molar-refractivity contribution in [2.24, 2.45) is 0 Å². The van der Waals surface area contributed by atoms with Crippen LogP contribution >= 0.6 is 11.6 Å². The van der Waals surface area contributed by atoms with Crippen molar-refractivity contribution in [3.63, 3.8) is 0 Å². The Kier molecular flexibility index (Phi) is 7.53. The molecule has 0 aliphatic heterocycles. The second-order valence-corrected chi connectivity index (χ2v) is 6.83. The lowest BCUT2D eigenvalue weighted by molar-refractivity contribution is -0.123. The molecule has 0 aliphatic carbocycles. The van der Waals surface area contributed by atoms with Gasteiger partial charge in [0.05, 0.1) is 0 Å². The minimum absolute atomic E-state index is 0.0943. The van der Waals surface area contributed by atoms with E-state index >= 15 is 0 Å². The third-order valence-electron chi connectivity index (χ3n) is 4.40. The van der Waals surface area contributed by atoms with Crippen LogP contribution in [0.2, 0.25) is 5.02 Å². The molecule has 2 heterocycles. The van der Waals surface area contributed by atoms with E-state index in [9.17, 15) is 4.79 Å². The van der Waals surface area contributed by atoms with Crippen LogP contribution < -0.4 is 10.6 Å². The first-order chi connectivity index (χ1) is 13.7. The van der Waals surface area contributed by atoms with Crippen molar-refractivity contribution < 1.29 is 4.79 Å². The maximum atomic E-state index is 12.9. The third-order valence-corrected chi connectivity index (χ3v) is 4.74. The fourth-order valence-corrected chi connectivity index (χ4v) is 3.18. The summed E-state index contributed by atoms with van der Waals surface area (Å²) in [5, 5.41) is 6.92. The van der Waals surface area contributed by atoms with Crippen molar-refractivity contribution >= 4 is 17.5 Å². The Morgan fingerprint density at radius 1 is 0.893 bits per heavy atom. The van der Waals surface area contributed by atoms with E-state index < -0.39 is 6.04 Å². The molecule has 1 amide bonds. The van der Waals surface area contributed by atoms with Gasteiger partial charge in [0.25, 0.3) is 0 Å². The summed E-state index contributed by atoms with van der Waals surface area (Å²) in [5.41, 5.74) is 2.97. The lowest BCUT2D eigenvalue weighted by Crippen LogP contribution is -2.39. The molecule has 2 aromatic heterocycles. The highest BCUT2D eigenvalue weighted by molar-refractivity contribution is 6.31. The van der Waals surface area contributed by atoms with Crippen LogP contribution in [-0.4, -0.2) is 29.0 Å². The molecule has 1 unspecified atom stereocenters. The first kappa shape index (κ1) is 20.0. The topological polar surface area (TPSA) is 66.9 Å². The molecular weight excluding hydrogens is 372 g/mol. The second kappa shape index (κ2) is 10.5. The third kappa shape index (κ3) is 5.87. The molecule has 28 heavy (non-hydrogen) atoms. The van der Waals surface area contributed by atoms with Gasteiger partial charge in [0.1, 0.15) is 6.04 Å². The quantitative estimate of drug-likeness (QED) is 0.584. The van der Waals surface area contributed by atoms with Crippen LogP contribution in [0.5, 0.6) is 0 Å². The SMILES string of the molecule is O=C(NCCc1cccnc1)C(NCCc1cccnc1)c1ccccc1Cl. The molecule has 0 bridgehead atoms. The minimum atomic E-state index is -0.515. The van der Waals surface area contributed by atoms with E-state index in [-0.39, 0.29) is 5.91 Å². The molecule has 0 radical (unpaired) electrons. The summed E-state index contributed by atoms with van der Waals surface area (Å²) >= 11 is 6.35. The molecule has 2 N–H and O–H groups in total. The number of aromatic nitrogens is 2. The van der Waals surface area contributed by atoms with E-state index in [0.29, 0.717) is 18.1 Å². The molecule has 0 saturated heterocycles. The largest absolute Gasteiger partial charge is 0.354 e. The van der Waals surface area contributed by atoms with Crippen LogP contribution in [0.1, 0.15) is 22.7 Å². The molecule has 3 aromatic rings. The molecule has 0 fully saturated rings. The Morgan fingerprint density at radius 3 is 2.14 bits per heavy atom. The number of nitrogens with zero attached hydrogens (tertiary/aromatic N) is 2. The van der Waals surface area contributed by atoms with Gasteiger partial charge in [0.2, 0.25) is 5.91 Å². The summed E-state index contributed by atoms with van der Waals surface area (Å²) in [4.78, 5) is 21.1. The van der Waals surface area contributed by atoms with Gasteiger partial charge < -0.3 is 10.6 Å². The number of hydrogen-bond donors (Lipinski definition) is 2. The molecule has 5 nitrogen and oxygen atoms in total. The van der Waals surface area contributed by atoms with E-state index in [4.69, 9.17) is 11.6 Å². The van der Waals surface area contributed by atoms with Crippen LogP contribution in [0, 0.1) is 0 Å². The zero-order valence-corrected chi connectivity index (χ0v) is 16.3. The molecule has 6 heteroatoms. The van der Waals surface area contributed by atoms with E-state index in [2.05, 4.69) is 20.6 Å². The van der Waals surface area contributed by atoms with Crippen molar-refractivity contribution in [2.75, 3.05) is 13.1 Å². The van der Waals surface area contributed by atoms with Gasteiger partial charge in [-0.05, 0) is 47.7 Å². The summed E-state index contributed by atoms with van der Waals surface area (Å²) in [6.45, 7) is 1.17. The fourth-order valence-electron chi connectivity index (χ4n) is 2.94. The predicted octanol–water partition coefficient (Wildman–Crippen LogP) is 3.36. The highest BCUT2D eigenvalue weighted by atomic mass is 35.5. The van der Waals surface area contributed by atoms with E-state index in [1.165, 1.54) is 0 Å². The Labute approximate surface area is 170 Å². The Bertz CT molecular complexity index is 874. The first-order valence-electron chi connectivity index (χ1n) is 9.27. The van der Waals surface area contributed by atoms with E-state index in [0.717, 1.165) is 29.5 Å². The van der Waals surface area contributed by atoms with Crippen molar-refractivity contribution in [1.82, 2.24) is 20.6 Å². The number of pyridine rings is 2. The van der Waals surface area contributed by atoms with E-state index in [1.54, 1.807) is 18.5 Å². The highest BCUT2D eigenvalue weighted by Crippen LogP contribution is 2.23. The van der Waals surface area contributed by atoms with Gasteiger partial charge in [0, 0.05) is 42.9 Å². The molecule has 0 aliphatic rings. The van der Waals surface area contributed by atoms with Gasteiger partial charge in [-0.3, -0.25) is 14.8 Å². The van der Waals surface area contributed by atoms with Crippen LogP contribution in [0.25, 0.3) is 0 Å². The van der Waals surface area contributed by atoms with Crippen molar-refractivity contribution in [3.05, 3.63) is 95.0 Å². The Balaban J connectivity index is 1.61. The van der Waals surface area contributed by atoms with Gasteiger partial charge in [-0.2, -0.15) is 0 Å². The molecule has 1 atom stereocenters. The van der Waals surface area contributed by atoms with Gasteiger partial charge in [-0.25, -0.2) is 0 Å². The monoisotopic (exact) mass is 394 g/mol. The molecule has 3 rings (SSSR count). The molecule has 144 valence electrons. The van der Waals surface area contributed by atoms with Gasteiger partial charge in [-0.15, -0.1) is 0 Å². The maximum Gasteiger partial charge on any atom is 0.241 e. The summed E-state index contributed by atoms with van der Waals surface area (Å²) in [6, 6.07) is 14.7. The smallest absolute Gasteiger partial charge is 0.241 e. The number of hydrogen-bond acceptors (Lipinski definition) is 4. The Hall–Kier alpha value is -2.76. The van der Waals surface area contributed by atoms with E-state index in [1.807, 2.05) is 54.9 Å². The standard InChI is InChI=1S/C22H23ClN4O/c23-20-8-2-1-7-19(20)21(26-13-9-17-5-3-11-24-15-17)22(28)27-14-10-18-6-4-12-25-16-18/h1-8,11-12,15-16,21,26H,9-10,13-14H2,(H,27,28). The molecule has 0 spiro atoms. The van der Waals surface area contributed by atoms with Crippen LogP contribution in [0.4, 0.5) is 0 Å². The maximum absolute atomic E-state index is 12.9. The number of amides is 1. The van der Waals surface area contributed by atoms with Gasteiger partial charge in [-0.1, -0.05) is 41.9 Å². The number of nitrogens with one attached hydrogen (secondary N) is 2. The Morgan fingerprint density at radius 2 is 1.54 bits per heavy atom. The van der Waals surface area contributed by atoms with Crippen LogP contribution in [0.3, 0.4) is 0 Å². The second-order valence-electron chi connectivity index (χ2n) is 6.42. The molecule has 0 saturated carbocycles. The van der Waals surface area contributed by atoms with Crippen LogP contribution in [-0.2, 0) is 17.6 Å². The highest BCUT2D eigenvalue weighted by Gasteiger charge is 2.21. The number of carbonyl (C=O) groups is 1. The van der Waals surface area contributed by atoms with Crippen molar-refractivity contribution in [1.29, 1.82) is 0 Å². The average molecular weight is 395 g/mol. The summed E-state index contributed by atoms with van der Waals surface area (Å²) in [5.74, 6) is -0.0943. The lowest BCUT2D eigenvalue weighted by Gasteiger charge is -2.20. The number of halogens is 1. The summed E-state index contributed by atoms with van der Waals surface area (Å²) in [6.07, 6.45) is 8.63. The average Bonchev–Trinajstić information content (AvgIpc) is 2.73. The van der Waals surface area contributed by atoms with Gasteiger partial charge >= 0.3 is 0 Å². The van der Waals surface area contributed by atoms with Crippen LogP contribution in [0.15, 0.2) is 73.3 Å². The lowest BCUT2D eigenvalue weighted by atomic mass is 10.1. The first-order valence-corrected chi connectivity index (χ1v) is 9.65. The molecule has 1 aromatic carbocycles. The number of rotatable bonds is 9. The zero-order chi connectivity index (χ0) is 19.6. The summed E-state index contributed by atoms with van der Waals surface area (Å²) < 4.78 is 0. The van der Waals surface area contributed by atoms with Gasteiger partial charge in [0.15, 0.2) is 0 Å². The van der Waals surface area contributed by atoms with Crippen molar-refractivity contribution in [2.45, 2.75) is 18.9 Å².